The Morgan fingerprint density at radius 3 is 2.74 bits per heavy atom. The van der Waals surface area contributed by atoms with E-state index in [1.807, 2.05) is 0 Å². The van der Waals surface area contributed by atoms with Crippen molar-refractivity contribution in [1.29, 1.82) is 0 Å². The molecule has 1 aromatic rings. The zero-order valence-electron chi connectivity index (χ0n) is 10.9. The fourth-order valence-corrected chi connectivity index (χ4v) is 2.17. The number of nitro groups is 1. The number of rotatable bonds is 6. The van der Waals surface area contributed by atoms with Gasteiger partial charge in [-0.05, 0) is 30.9 Å². The van der Waals surface area contributed by atoms with Crippen LogP contribution in [-0.2, 0) is 6.54 Å². The summed E-state index contributed by atoms with van der Waals surface area (Å²) in [7, 11) is 1.48. The quantitative estimate of drug-likeness (QED) is 0.603. The van der Waals surface area contributed by atoms with Crippen LogP contribution < -0.4 is 10.1 Å². The average molecular weight is 266 g/mol. The first-order valence-electron chi connectivity index (χ1n) is 6.28. The minimum atomic E-state index is -0.592. The van der Waals surface area contributed by atoms with Crippen molar-refractivity contribution in [2.75, 3.05) is 13.7 Å². The molecule has 1 aromatic carbocycles. The van der Waals surface area contributed by atoms with Crippen LogP contribution in [0.15, 0.2) is 18.2 Å². The molecular weight excluding hydrogens is 248 g/mol. The second-order valence-electron chi connectivity index (χ2n) is 4.98. The fraction of sp³-hybridized carbons (Fsp3) is 0.538. The van der Waals surface area contributed by atoms with Gasteiger partial charge in [0.1, 0.15) is 5.75 Å². The van der Waals surface area contributed by atoms with Crippen molar-refractivity contribution in [3.05, 3.63) is 33.9 Å². The molecule has 1 aliphatic carbocycles. The number of nitrogens with one attached hydrogen (secondary N) is 1. The molecule has 0 radical (unpaired) electrons. The predicted molar refractivity (Wildman–Crippen MR) is 70.2 cm³/mol. The van der Waals surface area contributed by atoms with Gasteiger partial charge >= 0.3 is 0 Å². The predicted octanol–water partition coefficient (Wildman–Crippen LogP) is 1.61. The van der Waals surface area contributed by atoms with Gasteiger partial charge in [0.25, 0.3) is 5.69 Å². The van der Waals surface area contributed by atoms with Crippen LogP contribution >= 0.6 is 0 Å². The number of hydrogen-bond donors (Lipinski definition) is 2. The van der Waals surface area contributed by atoms with E-state index in [1.165, 1.54) is 19.2 Å². The summed E-state index contributed by atoms with van der Waals surface area (Å²) in [5.41, 5.74) is 0.192. The van der Waals surface area contributed by atoms with Gasteiger partial charge in [0.2, 0.25) is 0 Å². The van der Waals surface area contributed by atoms with E-state index in [4.69, 9.17) is 4.74 Å². The van der Waals surface area contributed by atoms with Gasteiger partial charge in [-0.1, -0.05) is 0 Å². The second kappa shape index (κ2) is 5.54. The molecule has 0 saturated heterocycles. The molecule has 1 aliphatic rings. The first-order chi connectivity index (χ1) is 9.02. The molecule has 6 nitrogen and oxygen atoms in total. The van der Waals surface area contributed by atoms with Gasteiger partial charge in [-0.3, -0.25) is 10.1 Å². The average Bonchev–Trinajstić information content (AvgIpc) is 2.36. The van der Waals surface area contributed by atoms with Gasteiger partial charge in [-0.2, -0.15) is 0 Å². The van der Waals surface area contributed by atoms with Crippen LogP contribution in [0.25, 0.3) is 0 Å². The smallest absolute Gasteiger partial charge is 0.273 e. The number of benzene rings is 1. The van der Waals surface area contributed by atoms with Gasteiger partial charge < -0.3 is 15.2 Å². The van der Waals surface area contributed by atoms with Crippen molar-refractivity contribution in [1.82, 2.24) is 5.32 Å². The molecule has 0 amide bonds. The molecule has 1 fully saturated rings. The Morgan fingerprint density at radius 2 is 2.21 bits per heavy atom. The number of aliphatic hydroxyl groups is 1. The van der Waals surface area contributed by atoms with Gasteiger partial charge in [0.05, 0.1) is 23.7 Å². The number of ether oxygens (including phenoxy) is 1. The van der Waals surface area contributed by atoms with E-state index < -0.39 is 10.5 Å². The van der Waals surface area contributed by atoms with E-state index >= 15 is 0 Å². The molecule has 0 aromatic heterocycles. The summed E-state index contributed by atoms with van der Waals surface area (Å²) in [5, 5.41) is 23.9. The highest BCUT2D eigenvalue weighted by atomic mass is 16.6. The van der Waals surface area contributed by atoms with E-state index in [0.29, 0.717) is 18.8 Å². The highest BCUT2D eigenvalue weighted by Crippen LogP contribution is 2.30. The van der Waals surface area contributed by atoms with Gasteiger partial charge in [0.15, 0.2) is 0 Å². The molecule has 2 N–H and O–H groups in total. The van der Waals surface area contributed by atoms with Crippen LogP contribution in [0.4, 0.5) is 5.69 Å². The summed E-state index contributed by atoms with van der Waals surface area (Å²) < 4.78 is 5.04. The first kappa shape index (κ1) is 13.8. The second-order valence-corrected chi connectivity index (χ2v) is 4.98. The highest BCUT2D eigenvalue weighted by Gasteiger charge is 2.33. The van der Waals surface area contributed by atoms with Gasteiger partial charge in [0, 0.05) is 19.2 Å². The van der Waals surface area contributed by atoms with Gasteiger partial charge in [-0.25, -0.2) is 0 Å². The lowest BCUT2D eigenvalue weighted by molar-refractivity contribution is -0.385. The van der Waals surface area contributed by atoms with Crippen molar-refractivity contribution in [3.8, 4) is 5.75 Å². The van der Waals surface area contributed by atoms with Crippen molar-refractivity contribution in [2.45, 2.75) is 31.4 Å². The topological polar surface area (TPSA) is 84.6 Å². The Morgan fingerprint density at radius 1 is 1.47 bits per heavy atom. The molecule has 104 valence electrons. The Balaban J connectivity index is 1.98. The van der Waals surface area contributed by atoms with Crippen molar-refractivity contribution in [2.24, 2.45) is 0 Å². The SMILES string of the molecule is COc1cc(CNCC2(O)CCC2)cc([N+](=O)[O-])c1. The molecule has 0 atom stereocenters. The number of hydrogen-bond acceptors (Lipinski definition) is 5. The Labute approximate surface area is 111 Å². The number of nitrogens with zero attached hydrogens (tertiary/aromatic N) is 1. The van der Waals surface area contributed by atoms with Crippen LogP contribution in [0.3, 0.4) is 0 Å². The lowest BCUT2D eigenvalue weighted by Crippen LogP contribution is -2.45. The lowest BCUT2D eigenvalue weighted by atomic mass is 9.80. The van der Waals surface area contributed by atoms with E-state index in [2.05, 4.69) is 5.32 Å². The van der Waals surface area contributed by atoms with Crippen molar-refractivity contribution < 1.29 is 14.8 Å². The van der Waals surface area contributed by atoms with E-state index in [-0.39, 0.29) is 5.69 Å². The maximum Gasteiger partial charge on any atom is 0.273 e. The number of methoxy groups -OCH3 is 1. The summed E-state index contributed by atoms with van der Waals surface area (Å²) in [6.45, 7) is 0.984. The molecule has 6 heteroatoms. The third-order valence-electron chi connectivity index (χ3n) is 3.47. The third-order valence-corrected chi connectivity index (χ3v) is 3.47. The molecule has 0 unspecified atom stereocenters. The maximum atomic E-state index is 10.8. The molecule has 0 aliphatic heterocycles. The number of nitro benzene ring substituents is 1. The standard InChI is InChI=1S/C13H18N2O4/c1-19-12-6-10(5-11(7-12)15(17)18)8-14-9-13(16)3-2-4-13/h5-7,14,16H,2-4,8-9H2,1H3. The van der Waals surface area contributed by atoms with E-state index in [9.17, 15) is 15.2 Å². The fourth-order valence-electron chi connectivity index (χ4n) is 2.17. The minimum absolute atomic E-state index is 0.0125. The van der Waals surface area contributed by atoms with Crippen LogP contribution in [0.2, 0.25) is 0 Å². The molecule has 1 saturated carbocycles. The van der Waals surface area contributed by atoms with E-state index in [1.54, 1.807) is 6.07 Å². The summed E-state index contributed by atoms with van der Waals surface area (Å²) in [4.78, 5) is 10.4. The Kier molecular flexibility index (Phi) is 4.01. The summed E-state index contributed by atoms with van der Waals surface area (Å²) >= 11 is 0. The summed E-state index contributed by atoms with van der Waals surface area (Å²) in [6, 6.07) is 4.66. The maximum absolute atomic E-state index is 10.8. The van der Waals surface area contributed by atoms with E-state index in [0.717, 1.165) is 24.8 Å². The number of non-ortho nitro benzene ring substituents is 1. The van der Waals surface area contributed by atoms with Crippen LogP contribution in [0.5, 0.6) is 5.75 Å². The molecule has 2 rings (SSSR count). The highest BCUT2D eigenvalue weighted by molar-refractivity contribution is 5.42. The molecule has 0 heterocycles. The summed E-state index contributed by atoms with van der Waals surface area (Å²) in [5.74, 6) is 0.466. The molecule has 19 heavy (non-hydrogen) atoms. The zero-order chi connectivity index (χ0) is 13.9. The zero-order valence-corrected chi connectivity index (χ0v) is 10.9. The molecule has 0 bridgehead atoms. The monoisotopic (exact) mass is 266 g/mol. The third kappa shape index (κ3) is 3.42. The van der Waals surface area contributed by atoms with Crippen molar-refractivity contribution >= 4 is 5.69 Å². The lowest BCUT2D eigenvalue weighted by Gasteiger charge is -2.36. The van der Waals surface area contributed by atoms with Crippen molar-refractivity contribution in [3.63, 3.8) is 0 Å². The Hall–Kier alpha value is -1.66. The van der Waals surface area contributed by atoms with Crippen LogP contribution in [0.1, 0.15) is 24.8 Å². The van der Waals surface area contributed by atoms with Crippen LogP contribution in [-0.4, -0.2) is 29.3 Å². The minimum Gasteiger partial charge on any atom is -0.496 e. The normalized spacial score (nSPS) is 16.7. The molecule has 0 spiro atoms. The largest absolute Gasteiger partial charge is 0.496 e. The molecular formula is C13H18N2O4. The Bertz CT molecular complexity index is 472. The first-order valence-corrected chi connectivity index (χ1v) is 6.28. The van der Waals surface area contributed by atoms with Gasteiger partial charge in [-0.15, -0.1) is 0 Å². The summed E-state index contributed by atoms with van der Waals surface area (Å²) in [6.07, 6.45) is 2.69. The van der Waals surface area contributed by atoms with Crippen LogP contribution in [0, 0.1) is 10.1 Å².